The molecule has 1 aromatic rings. The van der Waals surface area contributed by atoms with Gasteiger partial charge in [-0.05, 0) is 29.9 Å². The molecule has 3 aliphatic heterocycles. The Balaban J connectivity index is 1.39. The second kappa shape index (κ2) is 6.59. The first-order valence-corrected chi connectivity index (χ1v) is 9.30. The van der Waals surface area contributed by atoms with E-state index < -0.39 is 0 Å². The van der Waals surface area contributed by atoms with Gasteiger partial charge in [-0.2, -0.15) is 0 Å². The highest BCUT2D eigenvalue weighted by molar-refractivity contribution is 8.16. The molecule has 4 nitrogen and oxygen atoms in total. The molecule has 1 saturated heterocycles. The highest BCUT2D eigenvalue weighted by Gasteiger charge is 2.32. The summed E-state index contributed by atoms with van der Waals surface area (Å²) >= 11 is 1.61. The molecule has 0 spiro atoms. The van der Waals surface area contributed by atoms with Gasteiger partial charge >= 0.3 is 0 Å². The molecule has 3 aliphatic rings. The summed E-state index contributed by atoms with van der Waals surface area (Å²) in [4.78, 5) is 21.2. The van der Waals surface area contributed by atoms with E-state index in [1.54, 1.807) is 17.8 Å². The first-order chi connectivity index (χ1) is 11.7. The highest BCUT2D eigenvalue weighted by Crippen LogP contribution is 2.33. The molecule has 0 aliphatic carbocycles. The van der Waals surface area contributed by atoms with Gasteiger partial charge in [0, 0.05) is 37.8 Å². The number of halogens is 1. The van der Waals surface area contributed by atoms with Gasteiger partial charge in [0.15, 0.2) is 5.17 Å². The summed E-state index contributed by atoms with van der Waals surface area (Å²) in [5.41, 5.74) is 1.78. The van der Waals surface area contributed by atoms with Crippen molar-refractivity contribution in [2.45, 2.75) is 25.2 Å². The van der Waals surface area contributed by atoms with Crippen molar-refractivity contribution < 1.29 is 9.18 Å². The van der Waals surface area contributed by atoms with Crippen molar-refractivity contribution >= 4 is 22.8 Å². The van der Waals surface area contributed by atoms with Crippen molar-refractivity contribution in [2.24, 2.45) is 4.99 Å². The van der Waals surface area contributed by atoms with Crippen LogP contribution in [0.3, 0.4) is 0 Å². The standard InChI is InChI=1S/C18H20FN3OS/c19-16-5-2-1-4-15(16)13-6-9-21(11-13)17(23)10-14-12-24-18-20-7-3-8-22(14)18/h1-2,4-5,12-13H,3,6-11H2. The summed E-state index contributed by atoms with van der Waals surface area (Å²) in [6.45, 7) is 3.15. The first-order valence-electron chi connectivity index (χ1n) is 8.42. The molecular weight excluding hydrogens is 325 g/mol. The smallest absolute Gasteiger partial charge is 0.228 e. The highest BCUT2D eigenvalue weighted by atomic mass is 32.2. The number of nitrogens with zero attached hydrogens (tertiary/aromatic N) is 3. The SMILES string of the molecule is O=C(CC1=CSC2=NCCCN12)N1CCC(c2ccccc2F)C1. The van der Waals surface area contributed by atoms with Crippen molar-refractivity contribution in [1.29, 1.82) is 0 Å². The summed E-state index contributed by atoms with van der Waals surface area (Å²) < 4.78 is 13.9. The first kappa shape index (κ1) is 15.7. The Kier molecular flexibility index (Phi) is 4.31. The van der Waals surface area contributed by atoms with Gasteiger partial charge in [-0.25, -0.2) is 4.39 Å². The third kappa shape index (κ3) is 2.95. The molecule has 0 bridgehead atoms. The number of benzene rings is 1. The third-order valence-electron chi connectivity index (χ3n) is 4.88. The van der Waals surface area contributed by atoms with Crippen molar-refractivity contribution in [1.82, 2.24) is 9.80 Å². The number of aliphatic imine (C=N–C) groups is 1. The molecule has 1 atom stereocenters. The average Bonchev–Trinajstić information content (AvgIpc) is 3.23. The molecule has 1 fully saturated rings. The lowest BCUT2D eigenvalue weighted by Gasteiger charge is -2.26. The Morgan fingerprint density at radius 2 is 2.21 bits per heavy atom. The maximum absolute atomic E-state index is 13.9. The number of amidine groups is 1. The zero-order valence-electron chi connectivity index (χ0n) is 13.4. The van der Waals surface area contributed by atoms with Crippen LogP contribution >= 0.6 is 11.8 Å². The van der Waals surface area contributed by atoms with Gasteiger partial charge in [0.1, 0.15) is 5.82 Å². The Morgan fingerprint density at radius 3 is 3.08 bits per heavy atom. The topological polar surface area (TPSA) is 35.9 Å². The Labute approximate surface area is 145 Å². The Bertz CT molecular complexity index is 718. The molecular formula is C18H20FN3OS. The fourth-order valence-electron chi connectivity index (χ4n) is 3.59. The maximum Gasteiger partial charge on any atom is 0.228 e. The van der Waals surface area contributed by atoms with Crippen LogP contribution < -0.4 is 0 Å². The minimum atomic E-state index is -0.166. The number of likely N-dealkylation sites (tertiary alicyclic amines) is 1. The lowest BCUT2D eigenvalue weighted by atomic mass is 9.98. The summed E-state index contributed by atoms with van der Waals surface area (Å²) in [6.07, 6.45) is 2.28. The van der Waals surface area contributed by atoms with Crippen LogP contribution in [0, 0.1) is 5.82 Å². The summed E-state index contributed by atoms with van der Waals surface area (Å²) in [7, 11) is 0. The average molecular weight is 345 g/mol. The van der Waals surface area contributed by atoms with Gasteiger partial charge in [0.25, 0.3) is 0 Å². The van der Waals surface area contributed by atoms with Crippen LogP contribution in [0.1, 0.15) is 30.7 Å². The lowest BCUT2D eigenvalue weighted by Crippen LogP contribution is -2.34. The van der Waals surface area contributed by atoms with E-state index in [2.05, 4.69) is 9.89 Å². The van der Waals surface area contributed by atoms with E-state index in [0.717, 1.165) is 42.4 Å². The molecule has 24 heavy (non-hydrogen) atoms. The van der Waals surface area contributed by atoms with Crippen LogP contribution in [0.5, 0.6) is 0 Å². The normalized spacial score (nSPS) is 23.1. The molecule has 1 amide bonds. The molecule has 1 unspecified atom stereocenters. The Hall–Kier alpha value is -1.82. The summed E-state index contributed by atoms with van der Waals surface area (Å²) in [5.74, 6) is 0.0718. The second-order valence-corrected chi connectivity index (χ2v) is 7.26. The third-order valence-corrected chi connectivity index (χ3v) is 5.83. The van der Waals surface area contributed by atoms with Crippen LogP contribution in [0.4, 0.5) is 4.39 Å². The van der Waals surface area contributed by atoms with Gasteiger partial charge < -0.3 is 9.80 Å². The molecule has 1 aromatic carbocycles. The van der Waals surface area contributed by atoms with E-state index in [-0.39, 0.29) is 17.6 Å². The zero-order chi connectivity index (χ0) is 16.5. The monoisotopic (exact) mass is 345 g/mol. The fourth-order valence-corrected chi connectivity index (χ4v) is 4.54. The predicted molar refractivity (Wildman–Crippen MR) is 94.3 cm³/mol. The van der Waals surface area contributed by atoms with E-state index in [1.165, 1.54) is 6.07 Å². The molecule has 0 radical (unpaired) electrons. The largest absolute Gasteiger partial charge is 0.342 e. The van der Waals surface area contributed by atoms with Gasteiger partial charge in [0.2, 0.25) is 5.91 Å². The van der Waals surface area contributed by atoms with Crippen LogP contribution in [-0.2, 0) is 4.79 Å². The number of hydrogen-bond acceptors (Lipinski definition) is 4. The van der Waals surface area contributed by atoms with E-state index in [9.17, 15) is 9.18 Å². The molecule has 3 heterocycles. The summed E-state index contributed by atoms with van der Waals surface area (Å²) in [5, 5.41) is 3.07. The lowest BCUT2D eigenvalue weighted by molar-refractivity contribution is -0.129. The molecule has 4 rings (SSSR count). The second-order valence-electron chi connectivity index (χ2n) is 6.42. The van der Waals surface area contributed by atoms with Gasteiger partial charge in [-0.15, -0.1) is 0 Å². The number of fused-ring (bicyclic) bond motifs is 1. The van der Waals surface area contributed by atoms with E-state index >= 15 is 0 Å². The number of rotatable bonds is 3. The fraction of sp³-hybridized carbons (Fsp3) is 0.444. The number of thioether (sulfide) groups is 1. The van der Waals surface area contributed by atoms with Crippen LogP contribution in [0.15, 0.2) is 40.4 Å². The number of carbonyl (C=O) groups is 1. The summed E-state index contributed by atoms with van der Waals surface area (Å²) in [6, 6.07) is 6.90. The molecule has 0 N–H and O–H groups in total. The molecule has 0 saturated carbocycles. The maximum atomic E-state index is 13.9. The quantitative estimate of drug-likeness (QED) is 0.844. The molecule has 6 heteroatoms. The number of amides is 1. The molecule has 126 valence electrons. The van der Waals surface area contributed by atoms with E-state index in [0.29, 0.717) is 19.5 Å². The Morgan fingerprint density at radius 1 is 1.33 bits per heavy atom. The van der Waals surface area contributed by atoms with Crippen molar-refractivity contribution in [3.63, 3.8) is 0 Å². The van der Waals surface area contributed by atoms with Crippen molar-refractivity contribution in [2.75, 3.05) is 26.2 Å². The van der Waals surface area contributed by atoms with E-state index in [1.807, 2.05) is 22.4 Å². The molecule has 0 aromatic heterocycles. The van der Waals surface area contributed by atoms with Crippen LogP contribution in [-0.4, -0.2) is 47.1 Å². The van der Waals surface area contributed by atoms with Crippen LogP contribution in [0.25, 0.3) is 0 Å². The minimum Gasteiger partial charge on any atom is -0.342 e. The number of carbonyl (C=O) groups excluding carboxylic acids is 1. The van der Waals surface area contributed by atoms with Gasteiger partial charge in [-0.3, -0.25) is 9.79 Å². The van der Waals surface area contributed by atoms with Crippen molar-refractivity contribution in [3.8, 4) is 0 Å². The van der Waals surface area contributed by atoms with Gasteiger partial charge in [-0.1, -0.05) is 30.0 Å². The van der Waals surface area contributed by atoms with Crippen molar-refractivity contribution in [3.05, 3.63) is 46.8 Å². The van der Waals surface area contributed by atoms with E-state index in [4.69, 9.17) is 0 Å². The predicted octanol–water partition coefficient (Wildman–Crippen LogP) is 3.18. The zero-order valence-corrected chi connectivity index (χ0v) is 14.3. The number of hydrogen-bond donors (Lipinski definition) is 0. The minimum absolute atomic E-state index is 0.106. The van der Waals surface area contributed by atoms with Crippen LogP contribution in [0.2, 0.25) is 0 Å². The van der Waals surface area contributed by atoms with Gasteiger partial charge in [0.05, 0.1) is 6.42 Å².